The Morgan fingerprint density at radius 3 is 2.53 bits per heavy atom. The van der Waals surface area contributed by atoms with E-state index in [0.29, 0.717) is 0 Å². The van der Waals surface area contributed by atoms with Crippen molar-refractivity contribution in [2.45, 2.75) is 49.7 Å². The molecule has 3 atom stereocenters. The fourth-order valence-corrected chi connectivity index (χ4v) is 7.37. The fourth-order valence-electron chi connectivity index (χ4n) is 5.91. The van der Waals surface area contributed by atoms with Crippen molar-refractivity contribution >= 4 is 46.0 Å². The zero-order chi connectivity index (χ0) is 31.2. The maximum atomic E-state index is 14.9. The van der Waals surface area contributed by atoms with Gasteiger partial charge < -0.3 is 20.3 Å². The highest BCUT2D eigenvalue weighted by molar-refractivity contribution is 7.99. The van der Waals surface area contributed by atoms with Gasteiger partial charge in [-0.1, -0.05) is 24.2 Å². The molecule has 2 N–H and O–H groups in total. The Balaban J connectivity index is 1.80. The third kappa shape index (κ3) is 5.87. The molecule has 0 spiro atoms. The topological polar surface area (TPSA) is 93.7 Å². The number of amides is 1. The van der Waals surface area contributed by atoms with Crippen molar-refractivity contribution in [3.8, 4) is 11.1 Å². The lowest BCUT2D eigenvalue weighted by molar-refractivity contribution is -0.137. The molecule has 1 aromatic heterocycles. The fraction of sp³-hybridized carbons (Fsp3) is 0.414. The zero-order valence-corrected chi connectivity index (χ0v) is 25.0. The Labute approximate surface area is 254 Å². The van der Waals surface area contributed by atoms with Crippen LogP contribution in [0.1, 0.15) is 19.4 Å². The smallest absolute Gasteiger partial charge is 0.374 e. The first-order chi connectivity index (χ1) is 20.3. The van der Waals surface area contributed by atoms with Crippen molar-refractivity contribution in [3.63, 3.8) is 0 Å². The van der Waals surface area contributed by atoms with Crippen LogP contribution in [0.25, 0.3) is 22.0 Å². The number of hydrogen-bond donors (Lipinski definition) is 1. The number of ether oxygens (including phenoxy) is 1. The molecule has 2 aliphatic rings. The zero-order valence-electron chi connectivity index (χ0n) is 23.5. The maximum absolute atomic E-state index is 14.9. The monoisotopic (exact) mass is 639 g/mol. The molecule has 0 radical (unpaired) electrons. The van der Waals surface area contributed by atoms with E-state index < -0.39 is 29.4 Å². The Hall–Kier alpha value is -3.13. The first kappa shape index (κ1) is 31.3. The van der Waals surface area contributed by atoms with Crippen LogP contribution < -0.4 is 16.3 Å². The number of benzene rings is 2. The van der Waals surface area contributed by atoms with E-state index >= 15 is 0 Å². The van der Waals surface area contributed by atoms with Gasteiger partial charge in [0.1, 0.15) is 11.6 Å². The van der Waals surface area contributed by atoms with E-state index in [1.54, 1.807) is 9.80 Å². The summed E-state index contributed by atoms with van der Waals surface area (Å²) < 4.78 is 65.9. The summed E-state index contributed by atoms with van der Waals surface area (Å²) >= 11 is 7.15. The van der Waals surface area contributed by atoms with E-state index in [-0.39, 0.29) is 94.3 Å². The van der Waals surface area contributed by atoms with Gasteiger partial charge in [0.15, 0.2) is 0 Å². The molecule has 3 heterocycles. The number of carbonyl (C=O) groups is 1. The van der Waals surface area contributed by atoms with E-state index in [0.717, 1.165) is 30.0 Å². The minimum atomic E-state index is -4.82. The molecule has 0 bridgehead atoms. The van der Waals surface area contributed by atoms with Gasteiger partial charge in [0.2, 0.25) is 5.91 Å². The summed E-state index contributed by atoms with van der Waals surface area (Å²) in [5.41, 5.74) is 4.11. The molecule has 8 nitrogen and oxygen atoms in total. The van der Waals surface area contributed by atoms with Crippen LogP contribution in [0.2, 0.25) is 5.02 Å². The van der Waals surface area contributed by atoms with Gasteiger partial charge >= 0.3 is 11.9 Å². The van der Waals surface area contributed by atoms with Gasteiger partial charge in [-0.15, -0.1) is 11.8 Å². The first-order valence-corrected chi connectivity index (χ1v) is 15.0. The third-order valence-corrected chi connectivity index (χ3v) is 9.15. The van der Waals surface area contributed by atoms with Gasteiger partial charge in [0.05, 0.1) is 35.4 Å². The lowest BCUT2D eigenvalue weighted by Crippen LogP contribution is -2.58. The number of anilines is 1. The lowest BCUT2D eigenvalue weighted by atomic mass is 9.96. The molecular weight excluding hydrogens is 610 g/mol. The molecule has 0 saturated carbocycles. The van der Waals surface area contributed by atoms with E-state index in [2.05, 4.69) is 11.6 Å². The van der Waals surface area contributed by atoms with Gasteiger partial charge in [-0.25, -0.2) is 9.18 Å². The van der Waals surface area contributed by atoms with E-state index in [9.17, 15) is 27.2 Å². The average Bonchev–Trinajstić information content (AvgIpc) is 3.14. The lowest BCUT2D eigenvalue weighted by Gasteiger charge is -2.44. The molecule has 1 saturated heterocycles. The highest BCUT2D eigenvalue weighted by atomic mass is 35.5. The SMILES string of the molecule is C=CC(=O)N1[C@H](C)CN(c2nc(=O)n3c4c(c(-c5ccc(F)c(Cl)c5)c(C(F)(F)F)cc24)SCC(OCCN)C3)C[C@@H]1C. The summed E-state index contributed by atoms with van der Waals surface area (Å²) in [4.78, 5) is 34.1. The maximum Gasteiger partial charge on any atom is 0.417 e. The van der Waals surface area contributed by atoms with E-state index in [1.807, 2.05) is 13.8 Å². The summed E-state index contributed by atoms with van der Waals surface area (Å²) in [6.07, 6.45) is -4.14. The molecule has 1 fully saturated rings. The highest BCUT2D eigenvalue weighted by Crippen LogP contribution is 2.48. The van der Waals surface area contributed by atoms with Gasteiger partial charge in [0, 0.05) is 53.3 Å². The van der Waals surface area contributed by atoms with Gasteiger partial charge in [0.25, 0.3) is 0 Å². The quantitative estimate of drug-likeness (QED) is 0.302. The van der Waals surface area contributed by atoms with Crippen LogP contribution in [0.15, 0.2) is 46.6 Å². The second-order valence-electron chi connectivity index (χ2n) is 10.6. The standard InChI is InChI=1S/C29H30ClF4N5O3S/c1-4-23(40)39-15(2)11-37(12-16(39)3)27-19-10-20(29(32,33)34)24(17-5-6-22(31)21(30)9-17)26-25(19)38(28(41)36-27)13-18(14-43-26)42-8-7-35/h4-6,9-10,15-16,18H,1,7-8,11-14,35H2,2-3H3/t15-,16+,18?. The number of nitrogens with two attached hydrogens (primary N) is 1. The summed E-state index contributed by atoms with van der Waals surface area (Å²) in [6.45, 7) is 8.14. The molecular formula is C29H30ClF4N5O3S. The second-order valence-corrected chi connectivity index (χ2v) is 12.1. The molecule has 14 heteroatoms. The molecule has 1 unspecified atom stereocenters. The van der Waals surface area contributed by atoms with Crippen LogP contribution in [-0.4, -0.2) is 70.5 Å². The molecule has 43 heavy (non-hydrogen) atoms. The van der Waals surface area contributed by atoms with Crippen LogP contribution >= 0.6 is 23.4 Å². The number of nitrogens with zero attached hydrogens (tertiary/aromatic N) is 4. The number of rotatable bonds is 6. The number of piperazine rings is 1. The van der Waals surface area contributed by atoms with Crippen molar-refractivity contribution in [1.82, 2.24) is 14.5 Å². The summed E-state index contributed by atoms with van der Waals surface area (Å²) in [7, 11) is 0. The Morgan fingerprint density at radius 2 is 1.93 bits per heavy atom. The minimum absolute atomic E-state index is 0.0476. The first-order valence-electron chi connectivity index (χ1n) is 13.6. The average molecular weight is 640 g/mol. The molecule has 2 aromatic carbocycles. The molecule has 1 amide bonds. The second kappa shape index (κ2) is 12.1. The number of alkyl halides is 3. The van der Waals surface area contributed by atoms with Gasteiger partial charge in [-0.05, 0) is 43.7 Å². The molecule has 2 aliphatic heterocycles. The molecule has 0 aliphatic carbocycles. The summed E-state index contributed by atoms with van der Waals surface area (Å²) in [6, 6.07) is 3.74. The highest BCUT2D eigenvalue weighted by Gasteiger charge is 2.40. The van der Waals surface area contributed by atoms with Gasteiger partial charge in [-0.2, -0.15) is 18.2 Å². The third-order valence-electron chi connectivity index (χ3n) is 7.63. The Kier molecular flexibility index (Phi) is 8.81. The van der Waals surface area contributed by atoms with Crippen molar-refractivity contribution in [3.05, 3.63) is 63.8 Å². The largest absolute Gasteiger partial charge is 0.417 e. The van der Waals surface area contributed by atoms with E-state index in [1.165, 1.54) is 16.7 Å². The number of halogens is 5. The normalized spacial score (nSPS) is 20.8. The number of thioether (sulfide) groups is 1. The molecule has 5 rings (SSSR count). The number of carbonyl (C=O) groups excluding carboxylic acids is 1. The van der Waals surface area contributed by atoms with Crippen LogP contribution in [0.4, 0.5) is 23.4 Å². The van der Waals surface area contributed by atoms with Crippen molar-refractivity contribution in [2.24, 2.45) is 5.73 Å². The predicted octanol–water partition coefficient (Wildman–Crippen LogP) is 4.94. The number of hydrogen-bond acceptors (Lipinski definition) is 7. The Bertz CT molecular complexity index is 1640. The molecule has 3 aromatic rings. The van der Waals surface area contributed by atoms with Crippen LogP contribution in [0, 0.1) is 5.82 Å². The van der Waals surface area contributed by atoms with Crippen LogP contribution in [-0.2, 0) is 22.3 Å². The minimum Gasteiger partial charge on any atom is -0.374 e. The Morgan fingerprint density at radius 1 is 1.23 bits per heavy atom. The molecule has 230 valence electrons. The predicted molar refractivity (Wildman–Crippen MR) is 159 cm³/mol. The number of aromatic nitrogens is 2. The van der Waals surface area contributed by atoms with Gasteiger partial charge in [-0.3, -0.25) is 9.36 Å². The van der Waals surface area contributed by atoms with Crippen LogP contribution in [0.5, 0.6) is 0 Å². The summed E-state index contributed by atoms with van der Waals surface area (Å²) in [5.74, 6) is -0.708. The van der Waals surface area contributed by atoms with Crippen molar-refractivity contribution in [1.29, 1.82) is 0 Å². The van der Waals surface area contributed by atoms with Crippen LogP contribution in [0.3, 0.4) is 0 Å². The van der Waals surface area contributed by atoms with Crippen molar-refractivity contribution in [2.75, 3.05) is 36.9 Å². The van der Waals surface area contributed by atoms with E-state index in [4.69, 9.17) is 22.1 Å². The van der Waals surface area contributed by atoms with Crippen molar-refractivity contribution < 1.29 is 27.1 Å². The summed E-state index contributed by atoms with van der Waals surface area (Å²) in [5, 5.41) is -0.197.